The van der Waals surface area contributed by atoms with E-state index in [-0.39, 0.29) is 5.92 Å². The molecule has 3 heteroatoms. The summed E-state index contributed by atoms with van der Waals surface area (Å²) in [5.41, 5.74) is 0.961. The van der Waals surface area contributed by atoms with Gasteiger partial charge in [-0.1, -0.05) is 59.3 Å². The lowest BCUT2D eigenvalue weighted by atomic mass is 9.95. The minimum Gasteiger partial charge on any atom is -0.494 e. The minimum atomic E-state index is -0.442. The maximum Gasteiger partial charge on any atom is 0.120 e. The topological polar surface area (TPSA) is 29.5 Å². The number of hydrogen-bond donors (Lipinski definition) is 1. The number of aliphatic hydroxyl groups excluding tert-OH is 1. The molecule has 0 saturated heterocycles. The van der Waals surface area contributed by atoms with Crippen molar-refractivity contribution in [3.8, 4) is 5.75 Å². The fourth-order valence-corrected chi connectivity index (χ4v) is 2.43. The second-order valence-corrected chi connectivity index (χ2v) is 5.84. The van der Waals surface area contributed by atoms with E-state index >= 15 is 0 Å². The number of aliphatic hydroxyl groups is 1. The van der Waals surface area contributed by atoms with Gasteiger partial charge in [0.2, 0.25) is 0 Å². The van der Waals surface area contributed by atoms with E-state index in [2.05, 4.69) is 15.9 Å². The normalized spacial score (nSPS) is 13.8. The first-order chi connectivity index (χ1) is 9.66. The standard InChI is InChI=1S/C17H19BrO2/c1-13(17(19)14-6-3-2-4-7-14)10-11-20-16-9-5-8-15(18)12-16/h2-9,12-13,17,19H,10-11H2,1H3. The van der Waals surface area contributed by atoms with Gasteiger partial charge in [0, 0.05) is 4.47 Å². The number of benzene rings is 2. The predicted molar refractivity (Wildman–Crippen MR) is 84.8 cm³/mol. The maximum absolute atomic E-state index is 10.3. The van der Waals surface area contributed by atoms with E-state index in [0.717, 1.165) is 22.2 Å². The fraction of sp³-hybridized carbons (Fsp3) is 0.294. The Morgan fingerprint density at radius 2 is 1.85 bits per heavy atom. The summed E-state index contributed by atoms with van der Waals surface area (Å²) in [6.07, 6.45) is 0.366. The number of halogens is 1. The SMILES string of the molecule is CC(CCOc1cccc(Br)c1)C(O)c1ccccc1. The van der Waals surface area contributed by atoms with Crippen LogP contribution in [0.1, 0.15) is 25.0 Å². The summed E-state index contributed by atoms with van der Waals surface area (Å²) in [5.74, 6) is 1.00. The molecule has 106 valence electrons. The molecule has 0 bridgehead atoms. The zero-order valence-electron chi connectivity index (χ0n) is 11.5. The molecule has 0 amide bonds. The zero-order chi connectivity index (χ0) is 14.4. The lowest BCUT2D eigenvalue weighted by Crippen LogP contribution is -2.13. The lowest BCUT2D eigenvalue weighted by Gasteiger charge is -2.19. The van der Waals surface area contributed by atoms with Gasteiger partial charge in [0.05, 0.1) is 12.7 Å². The van der Waals surface area contributed by atoms with E-state index in [1.165, 1.54) is 0 Å². The van der Waals surface area contributed by atoms with Crippen molar-refractivity contribution >= 4 is 15.9 Å². The first-order valence-electron chi connectivity index (χ1n) is 6.78. The van der Waals surface area contributed by atoms with Gasteiger partial charge < -0.3 is 9.84 Å². The molecule has 0 aromatic heterocycles. The quantitative estimate of drug-likeness (QED) is 0.837. The molecule has 2 aromatic carbocycles. The van der Waals surface area contributed by atoms with Crippen LogP contribution >= 0.6 is 15.9 Å². The minimum absolute atomic E-state index is 0.157. The average Bonchev–Trinajstić information content (AvgIpc) is 2.47. The Balaban J connectivity index is 1.82. The second-order valence-electron chi connectivity index (χ2n) is 4.93. The van der Waals surface area contributed by atoms with Crippen molar-refractivity contribution in [3.05, 3.63) is 64.6 Å². The molecule has 2 unspecified atom stereocenters. The largest absolute Gasteiger partial charge is 0.494 e. The van der Waals surface area contributed by atoms with Gasteiger partial charge in [-0.05, 0) is 36.1 Å². The fourth-order valence-electron chi connectivity index (χ4n) is 2.06. The summed E-state index contributed by atoms with van der Waals surface area (Å²) in [6, 6.07) is 17.5. The molecule has 20 heavy (non-hydrogen) atoms. The zero-order valence-corrected chi connectivity index (χ0v) is 13.1. The van der Waals surface area contributed by atoms with E-state index in [1.807, 2.05) is 61.5 Å². The Morgan fingerprint density at radius 3 is 2.55 bits per heavy atom. The molecule has 0 radical (unpaired) electrons. The van der Waals surface area contributed by atoms with Crippen LogP contribution in [0.2, 0.25) is 0 Å². The highest BCUT2D eigenvalue weighted by molar-refractivity contribution is 9.10. The summed E-state index contributed by atoms with van der Waals surface area (Å²) in [6.45, 7) is 2.64. The Kier molecular flexibility index (Phi) is 5.62. The molecule has 2 atom stereocenters. The molecule has 0 aliphatic rings. The molecule has 0 saturated carbocycles. The molecule has 1 N–H and O–H groups in total. The van der Waals surface area contributed by atoms with Gasteiger partial charge in [-0.3, -0.25) is 0 Å². The van der Waals surface area contributed by atoms with Gasteiger partial charge in [-0.2, -0.15) is 0 Å². The van der Waals surface area contributed by atoms with Crippen molar-refractivity contribution in [3.63, 3.8) is 0 Å². The molecule has 2 aromatic rings. The van der Waals surface area contributed by atoms with Crippen LogP contribution in [0.25, 0.3) is 0 Å². The van der Waals surface area contributed by atoms with E-state index in [0.29, 0.717) is 6.61 Å². The lowest BCUT2D eigenvalue weighted by molar-refractivity contribution is 0.102. The smallest absolute Gasteiger partial charge is 0.120 e. The maximum atomic E-state index is 10.3. The number of rotatable bonds is 6. The third-order valence-electron chi connectivity index (χ3n) is 3.32. The average molecular weight is 335 g/mol. The molecule has 0 fully saturated rings. The van der Waals surface area contributed by atoms with Gasteiger partial charge in [0.15, 0.2) is 0 Å². The van der Waals surface area contributed by atoms with Crippen molar-refractivity contribution in [2.24, 2.45) is 5.92 Å². The van der Waals surface area contributed by atoms with Gasteiger partial charge >= 0.3 is 0 Å². The first kappa shape index (κ1) is 15.1. The van der Waals surface area contributed by atoms with Gasteiger partial charge in [0.1, 0.15) is 5.75 Å². The molecule has 0 aliphatic heterocycles. The number of hydrogen-bond acceptors (Lipinski definition) is 2. The van der Waals surface area contributed by atoms with Crippen molar-refractivity contribution in [1.82, 2.24) is 0 Å². The summed E-state index contributed by atoms with van der Waals surface area (Å²) in [7, 11) is 0. The van der Waals surface area contributed by atoms with Crippen LogP contribution in [0.5, 0.6) is 5.75 Å². The Labute approximate surface area is 128 Å². The van der Waals surface area contributed by atoms with Crippen LogP contribution in [-0.2, 0) is 0 Å². The predicted octanol–water partition coefficient (Wildman–Crippen LogP) is 4.59. The molecule has 0 spiro atoms. The van der Waals surface area contributed by atoms with Crippen LogP contribution in [0, 0.1) is 5.92 Å². The van der Waals surface area contributed by atoms with Crippen molar-refractivity contribution in [2.45, 2.75) is 19.4 Å². The summed E-state index contributed by atoms with van der Waals surface area (Å²) < 4.78 is 6.71. The molecule has 2 nitrogen and oxygen atoms in total. The molecule has 2 rings (SSSR count). The van der Waals surface area contributed by atoms with Crippen molar-refractivity contribution in [2.75, 3.05) is 6.61 Å². The van der Waals surface area contributed by atoms with Crippen LogP contribution in [-0.4, -0.2) is 11.7 Å². The highest BCUT2D eigenvalue weighted by Gasteiger charge is 2.15. The van der Waals surface area contributed by atoms with Crippen LogP contribution in [0.3, 0.4) is 0 Å². The summed E-state index contributed by atoms with van der Waals surface area (Å²) in [5, 5.41) is 10.3. The molecule has 0 aliphatic carbocycles. The summed E-state index contributed by atoms with van der Waals surface area (Å²) >= 11 is 3.42. The molecular weight excluding hydrogens is 316 g/mol. The Hall–Kier alpha value is -1.32. The number of ether oxygens (including phenoxy) is 1. The van der Waals surface area contributed by atoms with E-state index in [9.17, 15) is 5.11 Å². The van der Waals surface area contributed by atoms with Crippen LogP contribution in [0.15, 0.2) is 59.1 Å². The third kappa shape index (κ3) is 4.36. The Bertz CT molecular complexity index is 528. The monoisotopic (exact) mass is 334 g/mol. The Morgan fingerprint density at radius 1 is 1.10 bits per heavy atom. The van der Waals surface area contributed by atoms with Gasteiger partial charge in [-0.15, -0.1) is 0 Å². The summed E-state index contributed by atoms with van der Waals surface area (Å²) in [4.78, 5) is 0. The molecule has 0 heterocycles. The van der Waals surface area contributed by atoms with Crippen molar-refractivity contribution in [1.29, 1.82) is 0 Å². The van der Waals surface area contributed by atoms with E-state index in [4.69, 9.17) is 4.74 Å². The van der Waals surface area contributed by atoms with E-state index in [1.54, 1.807) is 0 Å². The second kappa shape index (κ2) is 7.46. The molecular formula is C17H19BrO2. The van der Waals surface area contributed by atoms with Crippen LogP contribution in [0.4, 0.5) is 0 Å². The van der Waals surface area contributed by atoms with Gasteiger partial charge in [0.25, 0.3) is 0 Å². The van der Waals surface area contributed by atoms with Crippen molar-refractivity contribution < 1.29 is 9.84 Å². The third-order valence-corrected chi connectivity index (χ3v) is 3.81. The highest BCUT2D eigenvalue weighted by atomic mass is 79.9. The van der Waals surface area contributed by atoms with E-state index < -0.39 is 6.10 Å². The van der Waals surface area contributed by atoms with Gasteiger partial charge in [-0.25, -0.2) is 0 Å². The highest BCUT2D eigenvalue weighted by Crippen LogP contribution is 2.24. The van der Waals surface area contributed by atoms with Crippen LogP contribution < -0.4 is 4.74 Å². The first-order valence-corrected chi connectivity index (χ1v) is 7.57.